The molecule has 0 bridgehead atoms. The smallest absolute Gasteiger partial charge is 0.361 e. The minimum atomic E-state index is -0.890. The number of rotatable bonds is 5. The molecule has 1 N–H and O–H groups in total. The first-order chi connectivity index (χ1) is 12.4. The van der Waals surface area contributed by atoms with Gasteiger partial charge in [0.1, 0.15) is 0 Å². The van der Waals surface area contributed by atoms with E-state index in [1.807, 2.05) is 0 Å². The van der Waals surface area contributed by atoms with Crippen molar-refractivity contribution in [3.8, 4) is 5.69 Å². The average Bonchev–Trinajstić information content (AvgIpc) is 3.24. The van der Waals surface area contributed by atoms with Crippen molar-refractivity contribution in [3.05, 3.63) is 40.7 Å². The summed E-state index contributed by atoms with van der Waals surface area (Å²) in [5.74, 6) is -0.963. The summed E-state index contributed by atoms with van der Waals surface area (Å²) in [6.07, 6.45) is 3.29. The van der Waals surface area contributed by atoms with Gasteiger partial charge in [-0.05, 0) is 44.9 Å². The molecule has 138 valence electrons. The van der Waals surface area contributed by atoms with Crippen LogP contribution in [0.2, 0.25) is 5.02 Å². The van der Waals surface area contributed by atoms with E-state index in [1.165, 1.54) is 4.80 Å². The summed E-state index contributed by atoms with van der Waals surface area (Å²) in [5, 5.41) is 11.9. The first kappa shape index (κ1) is 18.4. The minimum absolute atomic E-state index is 0.0745. The number of carbonyl (C=O) groups excluding carboxylic acids is 2. The third kappa shape index (κ3) is 4.22. The molecule has 1 aromatic carbocycles. The van der Waals surface area contributed by atoms with Crippen LogP contribution >= 0.6 is 11.6 Å². The lowest BCUT2D eigenvalue weighted by atomic mass is 10.2. The molecule has 26 heavy (non-hydrogen) atoms. The molecule has 1 aliphatic rings. The Hall–Kier alpha value is -2.41. The number of benzene rings is 1. The summed E-state index contributed by atoms with van der Waals surface area (Å²) in [5.41, 5.74) is 1.12. The molecular formula is C18H21ClN4O3. The summed E-state index contributed by atoms with van der Waals surface area (Å²) >= 11 is 5.97. The first-order valence-electron chi connectivity index (χ1n) is 8.65. The van der Waals surface area contributed by atoms with Crippen LogP contribution in [-0.2, 0) is 9.53 Å². The number of hydrogen-bond donors (Lipinski definition) is 1. The molecule has 0 spiro atoms. The topological polar surface area (TPSA) is 86.1 Å². The highest BCUT2D eigenvalue weighted by Crippen LogP contribution is 2.18. The summed E-state index contributed by atoms with van der Waals surface area (Å²) in [4.78, 5) is 25.9. The number of aromatic nitrogens is 3. The van der Waals surface area contributed by atoms with Crippen molar-refractivity contribution in [2.75, 3.05) is 0 Å². The Balaban J connectivity index is 1.66. The average molecular weight is 377 g/mol. The molecule has 0 saturated heterocycles. The molecule has 7 nitrogen and oxygen atoms in total. The molecule has 3 rings (SSSR count). The molecule has 0 radical (unpaired) electrons. The first-order valence-corrected chi connectivity index (χ1v) is 9.03. The number of amides is 1. The Bertz CT molecular complexity index is 815. The van der Waals surface area contributed by atoms with E-state index in [2.05, 4.69) is 15.5 Å². The molecule has 1 saturated carbocycles. The highest BCUT2D eigenvalue weighted by molar-refractivity contribution is 6.30. The molecule has 0 aliphatic heterocycles. The lowest BCUT2D eigenvalue weighted by molar-refractivity contribution is -0.129. The molecule has 1 atom stereocenters. The minimum Gasteiger partial charge on any atom is -0.448 e. The fourth-order valence-corrected chi connectivity index (χ4v) is 3.13. The van der Waals surface area contributed by atoms with E-state index in [4.69, 9.17) is 16.3 Å². The number of aryl methyl sites for hydroxylation is 1. The number of nitrogens with one attached hydrogen (secondary N) is 1. The Labute approximate surface area is 156 Å². The molecule has 8 heteroatoms. The van der Waals surface area contributed by atoms with Gasteiger partial charge in [0.25, 0.3) is 5.91 Å². The van der Waals surface area contributed by atoms with Gasteiger partial charge in [0, 0.05) is 11.1 Å². The van der Waals surface area contributed by atoms with E-state index < -0.39 is 12.1 Å². The lowest BCUT2D eigenvalue weighted by Gasteiger charge is -2.16. The van der Waals surface area contributed by atoms with Crippen molar-refractivity contribution in [2.24, 2.45) is 0 Å². The largest absolute Gasteiger partial charge is 0.448 e. The van der Waals surface area contributed by atoms with Crippen LogP contribution in [0.4, 0.5) is 0 Å². The standard InChI is InChI=1S/C18H21ClN4O3/c1-11-16(22-23(21-11)15-9-5-6-13(19)10-15)18(25)26-12(2)17(24)20-14-7-3-4-8-14/h5-6,9-10,12,14H,3-4,7-8H2,1-2H3,(H,20,24)/t12-/m0/s1. The normalized spacial score (nSPS) is 15.7. The SMILES string of the molecule is Cc1nn(-c2cccc(Cl)c2)nc1C(=O)O[C@@H](C)C(=O)NC1CCCC1. The zero-order valence-corrected chi connectivity index (χ0v) is 15.5. The third-order valence-electron chi connectivity index (χ3n) is 4.37. The second-order valence-corrected chi connectivity index (χ2v) is 6.88. The molecule has 0 unspecified atom stereocenters. The number of halogens is 1. The van der Waals surface area contributed by atoms with Crippen LogP contribution in [0.5, 0.6) is 0 Å². The summed E-state index contributed by atoms with van der Waals surface area (Å²) in [7, 11) is 0. The highest BCUT2D eigenvalue weighted by Gasteiger charge is 2.26. The van der Waals surface area contributed by atoms with Crippen LogP contribution in [0, 0.1) is 6.92 Å². The Morgan fingerprint density at radius 1 is 1.31 bits per heavy atom. The van der Waals surface area contributed by atoms with Gasteiger partial charge in [-0.25, -0.2) is 4.79 Å². The Kier molecular flexibility index (Phi) is 5.56. The Morgan fingerprint density at radius 3 is 2.73 bits per heavy atom. The summed E-state index contributed by atoms with van der Waals surface area (Å²) < 4.78 is 5.27. The van der Waals surface area contributed by atoms with Crippen molar-refractivity contribution in [2.45, 2.75) is 51.7 Å². The number of nitrogens with zero attached hydrogens (tertiary/aromatic N) is 3. The van der Waals surface area contributed by atoms with Gasteiger partial charge in [-0.2, -0.15) is 9.90 Å². The van der Waals surface area contributed by atoms with E-state index in [0.717, 1.165) is 25.7 Å². The number of carbonyl (C=O) groups is 2. The van der Waals surface area contributed by atoms with E-state index in [0.29, 0.717) is 16.4 Å². The molecule has 1 heterocycles. The van der Waals surface area contributed by atoms with Gasteiger partial charge in [-0.1, -0.05) is 30.5 Å². The van der Waals surface area contributed by atoms with Crippen LogP contribution in [0.3, 0.4) is 0 Å². The monoisotopic (exact) mass is 376 g/mol. The van der Waals surface area contributed by atoms with Crippen molar-refractivity contribution < 1.29 is 14.3 Å². The maximum Gasteiger partial charge on any atom is 0.361 e. The van der Waals surface area contributed by atoms with E-state index in [1.54, 1.807) is 38.1 Å². The predicted molar refractivity (Wildman–Crippen MR) is 96.4 cm³/mol. The van der Waals surface area contributed by atoms with Crippen LogP contribution in [0.1, 0.15) is 48.8 Å². The number of ether oxygens (including phenoxy) is 1. The van der Waals surface area contributed by atoms with E-state index in [-0.39, 0.29) is 17.6 Å². The lowest BCUT2D eigenvalue weighted by Crippen LogP contribution is -2.41. The number of esters is 1. The molecule has 2 aromatic rings. The van der Waals surface area contributed by atoms with Crippen molar-refractivity contribution in [1.29, 1.82) is 0 Å². The maximum atomic E-state index is 12.4. The second-order valence-electron chi connectivity index (χ2n) is 6.44. The third-order valence-corrected chi connectivity index (χ3v) is 4.60. The fraction of sp³-hybridized carbons (Fsp3) is 0.444. The molecule has 1 aliphatic carbocycles. The van der Waals surface area contributed by atoms with Crippen LogP contribution < -0.4 is 5.32 Å². The van der Waals surface area contributed by atoms with Crippen LogP contribution in [0.25, 0.3) is 5.69 Å². The highest BCUT2D eigenvalue weighted by atomic mass is 35.5. The van der Waals surface area contributed by atoms with Crippen LogP contribution in [0.15, 0.2) is 24.3 Å². The second kappa shape index (κ2) is 7.86. The fourth-order valence-electron chi connectivity index (χ4n) is 2.94. The number of hydrogen-bond acceptors (Lipinski definition) is 5. The Morgan fingerprint density at radius 2 is 2.04 bits per heavy atom. The van der Waals surface area contributed by atoms with Gasteiger partial charge in [0.05, 0.1) is 11.4 Å². The maximum absolute atomic E-state index is 12.4. The molecular weight excluding hydrogens is 356 g/mol. The summed E-state index contributed by atoms with van der Waals surface area (Å²) in [6.45, 7) is 3.22. The summed E-state index contributed by atoms with van der Waals surface area (Å²) in [6, 6.07) is 7.14. The molecule has 1 aromatic heterocycles. The predicted octanol–water partition coefficient (Wildman–Crippen LogP) is 2.83. The van der Waals surface area contributed by atoms with Gasteiger partial charge in [0.15, 0.2) is 11.8 Å². The van der Waals surface area contributed by atoms with Gasteiger partial charge < -0.3 is 10.1 Å². The van der Waals surface area contributed by atoms with Gasteiger partial charge in [-0.15, -0.1) is 5.10 Å². The van der Waals surface area contributed by atoms with Crippen LogP contribution in [-0.4, -0.2) is 39.0 Å². The van der Waals surface area contributed by atoms with Gasteiger partial charge in [0.2, 0.25) is 0 Å². The quantitative estimate of drug-likeness (QED) is 0.811. The van der Waals surface area contributed by atoms with Gasteiger partial charge >= 0.3 is 5.97 Å². The van der Waals surface area contributed by atoms with Crippen molar-refractivity contribution in [1.82, 2.24) is 20.3 Å². The van der Waals surface area contributed by atoms with Gasteiger partial charge in [-0.3, -0.25) is 4.79 Å². The van der Waals surface area contributed by atoms with Crippen molar-refractivity contribution >= 4 is 23.5 Å². The van der Waals surface area contributed by atoms with E-state index >= 15 is 0 Å². The zero-order chi connectivity index (χ0) is 18.7. The van der Waals surface area contributed by atoms with Crippen molar-refractivity contribution in [3.63, 3.8) is 0 Å². The molecule has 1 amide bonds. The zero-order valence-electron chi connectivity index (χ0n) is 14.7. The van der Waals surface area contributed by atoms with E-state index in [9.17, 15) is 9.59 Å². The molecule has 1 fully saturated rings.